The van der Waals surface area contributed by atoms with Crippen LogP contribution in [-0.2, 0) is 29.7 Å². The summed E-state index contributed by atoms with van der Waals surface area (Å²) in [6.45, 7) is 3.56. The van der Waals surface area contributed by atoms with Gasteiger partial charge >= 0.3 is 17.1 Å². The van der Waals surface area contributed by atoms with Gasteiger partial charge in [0, 0.05) is 13.0 Å². The molecule has 0 aromatic rings. The molecule has 1 radical (unpaired) electrons. The average molecular weight is 319 g/mol. The van der Waals surface area contributed by atoms with Crippen LogP contribution in [0.3, 0.4) is 0 Å². The van der Waals surface area contributed by atoms with E-state index < -0.39 is 0 Å². The first kappa shape index (κ1) is 19.2. The monoisotopic (exact) mass is 319 g/mol. The van der Waals surface area contributed by atoms with Crippen molar-refractivity contribution in [2.45, 2.75) is 13.8 Å². The summed E-state index contributed by atoms with van der Waals surface area (Å²) in [5.74, 6) is 0.444. The summed E-state index contributed by atoms with van der Waals surface area (Å²) < 4.78 is 0. The van der Waals surface area contributed by atoms with Crippen LogP contribution >= 0.6 is 0 Å². The van der Waals surface area contributed by atoms with Gasteiger partial charge in [0.25, 0.3) is 0 Å². The van der Waals surface area contributed by atoms with Crippen molar-refractivity contribution in [3.63, 3.8) is 0 Å². The minimum absolute atomic E-state index is 0. The fourth-order valence-electron chi connectivity index (χ4n) is 0.644. The standard InChI is InChI=1S/C9H18N7S.Cu/c1-6(13-15-8(10-3)11-4)7(2)14-16-9(17)12-5;/h1-5H3,(H3-,10,11,12,13,14,15,16,17);/q-1;+2/p-1/i;1+0. The zero-order valence-electron chi connectivity index (χ0n) is 10.9. The van der Waals surface area contributed by atoms with Gasteiger partial charge in [-0.3, -0.25) is 5.10 Å². The van der Waals surface area contributed by atoms with Gasteiger partial charge in [-0.05, 0) is 33.1 Å². The smallest absolute Gasteiger partial charge is 0.741 e. The Balaban J connectivity index is 0. The Morgan fingerprint density at radius 3 is 1.83 bits per heavy atom. The number of nitrogens with one attached hydrogen (secondary N) is 2. The zero-order valence-corrected chi connectivity index (χ0v) is 12.7. The molecule has 9 heteroatoms. The zero-order chi connectivity index (χ0) is 13.3. The van der Waals surface area contributed by atoms with Crippen molar-refractivity contribution in [1.82, 2.24) is 10.6 Å². The third-order valence-electron chi connectivity index (χ3n) is 1.76. The molecule has 0 amide bonds. The van der Waals surface area contributed by atoms with Crippen LogP contribution in [0.1, 0.15) is 13.8 Å². The molecule has 0 fully saturated rings. The Bertz CT molecular complexity index is 356. The van der Waals surface area contributed by atoms with Crippen LogP contribution < -0.4 is 10.6 Å². The predicted molar refractivity (Wildman–Crippen MR) is 75.9 cm³/mol. The van der Waals surface area contributed by atoms with Crippen molar-refractivity contribution >= 4 is 35.2 Å². The number of rotatable bonds is 3. The molecule has 0 spiro atoms. The Kier molecular flexibility index (Phi) is 11.7. The van der Waals surface area contributed by atoms with Crippen LogP contribution in [0.25, 0.3) is 5.32 Å². The first-order chi connectivity index (χ1) is 8.04. The SMILES string of the molecule is C[N-]\C(=N/N=C(C)/C(C)=N/N=C(\[S-])NC)NC.[64Cu+2]. The largest absolute Gasteiger partial charge is 2.00 e. The molecule has 0 saturated heterocycles. The maximum atomic E-state index is 4.83. The number of amidine groups is 1. The summed E-state index contributed by atoms with van der Waals surface area (Å²) in [6, 6.07) is 0. The van der Waals surface area contributed by atoms with Gasteiger partial charge < -0.3 is 28.6 Å². The van der Waals surface area contributed by atoms with Crippen LogP contribution in [0.4, 0.5) is 0 Å². The molecule has 0 atom stereocenters. The van der Waals surface area contributed by atoms with Gasteiger partial charge in [0.15, 0.2) is 0 Å². The van der Waals surface area contributed by atoms with E-state index in [1.54, 1.807) is 35.0 Å². The second kappa shape index (κ2) is 10.9. The number of nitrogens with zero attached hydrogens (tertiary/aromatic N) is 5. The van der Waals surface area contributed by atoms with Gasteiger partial charge in [0.1, 0.15) is 0 Å². The molecule has 0 aromatic carbocycles. The molecule has 0 saturated carbocycles. The van der Waals surface area contributed by atoms with E-state index in [4.69, 9.17) is 12.6 Å². The maximum absolute atomic E-state index is 4.83. The van der Waals surface area contributed by atoms with Crippen LogP contribution in [-0.4, -0.2) is 43.7 Å². The Hall–Kier alpha value is -1.18. The molecule has 0 bridgehead atoms. The maximum Gasteiger partial charge on any atom is 2.00 e. The molecule has 18 heavy (non-hydrogen) atoms. The number of guanidine groups is 1. The fourth-order valence-corrected chi connectivity index (χ4v) is 0.685. The van der Waals surface area contributed by atoms with Crippen molar-refractivity contribution in [3.8, 4) is 0 Å². The number of hydrogen-bond donors (Lipinski definition) is 2. The van der Waals surface area contributed by atoms with Gasteiger partial charge in [0.05, 0.1) is 11.4 Å². The molecule has 0 aliphatic heterocycles. The van der Waals surface area contributed by atoms with Gasteiger partial charge in [-0.1, -0.05) is 0 Å². The van der Waals surface area contributed by atoms with E-state index in [0.29, 0.717) is 22.6 Å². The summed E-state index contributed by atoms with van der Waals surface area (Å²) in [6.07, 6.45) is 0. The molecular formula is C9H17CuN7S. The Morgan fingerprint density at radius 2 is 1.44 bits per heavy atom. The van der Waals surface area contributed by atoms with Crippen LogP contribution in [0.15, 0.2) is 20.4 Å². The first-order valence-electron chi connectivity index (χ1n) is 4.92. The summed E-state index contributed by atoms with van der Waals surface area (Å²) in [7, 11) is 5.03. The molecule has 0 rings (SSSR count). The van der Waals surface area contributed by atoms with Gasteiger partial charge in [-0.2, -0.15) is 10.2 Å². The molecule has 2 N–H and O–H groups in total. The van der Waals surface area contributed by atoms with Gasteiger partial charge in [-0.15, -0.1) is 0 Å². The van der Waals surface area contributed by atoms with Crippen molar-refractivity contribution in [3.05, 3.63) is 5.32 Å². The quantitative estimate of drug-likeness (QED) is 0.260. The summed E-state index contributed by atoms with van der Waals surface area (Å²) in [4.78, 5) is 0. The van der Waals surface area contributed by atoms with E-state index in [0.717, 1.165) is 0 Å². The second-order valence-electron chi connectivity index (χ2n) is 2.92. The molecule has 7 nitrogen and oxygen atoms in total. The van der Waals surface area contributed by atoms with Gasteiger partial charge in [-0.25, -0.2) is 5.10 Å². The topological polar surface area (TPSA) is 87.6 Å². The minimum atomic E-state index is 0. The van der Waals surface area contributed by atoms with Crippen molar-refractivity contribution < 1.29 is 17.1 Å². The summed E-state index contributed by atoms with van der Waals surface area (Å²) >= 11 is 4.83. The third kappa shape index (κ3) is 7.99. The third-order valence-corrected chi connectivity index (χ3v) is 2.04. The normalized spacial score (nSPS) is 13.8. The second-order valence-corrected chi connectivity index (χ2v) is 3.31. The van der Waals surface area contributed by atoms with E-state index in [-0.39, 0.29) is 17.1 Å². The van der Waals surface area contributed by atoms with E-state index in [1.807, 2.05) is 0 Å². The van der Waals surface area contributed by atoms with E-state index >= 15 is 0 Å². The van der Waals surface area contributed by atoms with Crippen molar-refractivity contribution in [2.75, 3.05) is 21.1 Å². The van der Waals surface area contributed by atoms with E-state index in [1.165, 1.54) is 0 Å². The van der Waals surface area contributed by atoms with E-state index in [2.05, 4.69) is 36.4 Å². The number of hydrogen-bond acceptors (Lipinski definition) is 5. The predicted octanol–water partition coefficient (Wildman–Crippen LogP) is 0.437. The summed E-state index contributed by atoms with van der Waals surface area (Å²) in [5, 5.41) is 25.2. The fraction of sp³-hybridized carbons (Fsp3) is 0.556. The molecule has 0 aromatic heterocycles. The first-order valence-corrected chi connectivity index (χ1v) is 5.33. The minimum Gasteiger partial charge on any atom is -0.741 e. The molecule has 105 valence electrons. The molecular weight excluding hydrogens is 302 g/mol. The molecule has 0 aliphatic carbocycles. The van der Waals surface area contributed by atoms with Crippen LogP contribution in [0, 0.1) is 0 Å². The van der Waals surface area contributed by atoms with Crippen molar-refractivity contribution in [1.29, 1.82) is 0 Å². The Labute approximate surface area is 124 Å². The Morgan fingerprint density at radius 1 is 0.944 bits per heavy atom. The van der Waals surface area contributed by atoms with Gasteiger partial charge in [0.2, 0.25) is 0 Å². The molecule has 0 unspecified atom stereocenters. The van der Waals surface area contributed by atoms with Crippen LogP contribution in [0.5, 0.6) is 0 Å². The van der Waals surface area contributed by atoms with Crippen LogP contribution in [0.2, 0.25) is 0 Å². The molecule has 0 aliphatic rings. The molecule has 0 heterocycles. The van der Waals surface area contributed by atoms with E-state index in [9.17, 15) is 0 Å². The van der Waals surface area contributed by atoms with Crippen molar-refractivity contribution in [2.24, 2.45) is 20.4 Å². The summed E-state index contributed by atoms with van der Waals surface area (Å²) in [5.41, 5.74) is 1.28. The average Bonchev–Trinajstić information content (AvgIpc) is 2.36.